The van der Waals surface area contributed by atoms with Gasteiger partial charge < -0.3 is 24.8 Å². The molecule has 0 saturated carbocycles. The van der Waals surface area contributed by atoms with E-state index in [1.54, 1.807) is 23.3 Å². The van der Waals surface area contributed by atoms with Crippen LogP contribution in [0.2, 0.25) is 13.1 Å². The van der Waals surface area contributed by atoms with Gasteiger partial charge in [-0.2, -0.15) is 11.1 Å². The molecule has 0 aliphatic heterocycles. The standard InChI is InChI=1S/2C17H13.C2H6Si.2ClH.Zr/c2*1-3-8-14(9-4-1)16-12-7-13-17(16)15-10-5-2-6-11-15;1-3-2;;;/h2*1-6,8-12H,13H2;1-2H3;2*1H;/q2*-1;;;;+2/p-2. The van der Waals surface area contributed by atoms with Crippen LogP contribution in [0.3, 0.4) is 0 Å². The zero-order valence-electron chi connectivity index (χ0n) is 22.9. The fraction of sp³-hybridized carbons (Fsp3) is 0.111. The molecule has 0 unspecified atom stereocenters. The summed E-state index contributed by atoms with van der Waals surface area (Å²) in [5.74, 6) is 0. The average Bonchev–Trinajstić information content (AvgIpc) is 3.66. The van der Waals surface area contributed by atoms with Crippen LogP contribution in [-0.4, -0.2) is 5.43 Å². The van der Waals surface area contributed by atoms with Crippen LogP contribution >= 0.6 is 0 Å². The zero-order valence-corrected chi connectivity index (χ0v) is 27.8. The number of rotatable bonds is 4. The van der Waals surface area contributed by atoms with E-state index in [-0.39, 0.29) is 30.2 Å². The van der Waals surface area contributed by atoms with Crippen molar-refractivity contribution in [3.63, 3.8) is 0 Å². The quantitative estimate of drug-likeness (QED) is 0.234. The van der Waals surface area contributed by atoms with Gasteiger partial charge in [0.15, 0.2) is 0 Å². The normalized spacial score (nSPS) is 12.9. The van der Waals surface area contributed by atoms with Gasteiger partial charge in [0.25, 0.3) is 0 Å². The second kappa shape index (κ2) is 18.1. The van der Waals surface area contributed by atoms with E-state index in [0.29, 0.717) is 0 Å². The molecule has 4 aromatic rings. The number of hydrogen-bond donors (Lipinski definition) is 0. The molecule has 0 spiro atoms. The van der Waals surface area contributed by atoms with E-state index in [9.17, 15) is 0 Å². The zero-order chi connectivity index (χ0) is 26.6. The summed E-state index contributed by atoms with van der Waals surface area (Å²) >= 11 is 1.74. The first-order valence-corrected chi connectivity index (χ1v) is 19.1. The summed E-state index contributed by atoms with van der Waals surface area (Å²) in [4.78, 5) is 0. The fourth-order valence-corrected chi connectivity index (χ4v) is 4.42. The Labute approximate surface area is 267 Å². The maximum atomic E-state index is 3.32. The third kappa shape index (κ3) is 9.86. The molecule has 0 nitrogen and oxygen atoms in total. The van der Waals surface area contributed by atoms with Crippen LogP contribution in [0.4, 0.5) is 0 Å². The smallest absolute Gasteiger partial charge is 0.0408 e. The Hall–Kier alpha value is -2.48. The molecule has 4 heteroatoms. The third-order valence-electron chi connectivity index (χ3n) is 6.11. The Balaban J connectivity index is 0.000000237. The molecule has 0 N–H and O–H groups in total. The van der Waals surface area contributed by atoms with Crippen LogP contribution < -0.4 is 24.8 Å². The summed E-state index contributed by atoms with van der Waals surface area (Å²) in [6, 6.07) is 42.2. The van der Waals surface area contributed by atoms with Crippen molar-refractivity contribution in [1.82, 2.24) is 0 Å². The van der Waals surface area contributed by atoms with E-state index in [1.807, 2.05) is 0 Å². The summed E-state index contributed by atoms with van der Waals surface area (Å²) in [6.45, 7) is 4.62. The van der Waals surface area contributed by atoms with Crippen molar-refractivity contribution in [2.45, 2.75) is 25.9 Å². The molecule has 0 bridgehead atoms. The average molecular weight is 655 g/mol. The number of hydrogen-bond acceptors (Lipinski definition) is 0. The third-order valence-corrected chi connectivity index (χ3v) is 6.11. The predicted molar refractivity (Wildman–Crippen MR) is 162 cm³/mol. The second-order valence-corrected chi connectivity index (χ2v) is 18.7. The summed E-state index contributed by atoms with van der Waals surface area (Å²) in [6.07, 6.45) is 12.7. The predicted octanol–water partition coefficient (Wildman–Crippen LogP) is 3.51. The molecule has 2 aliphatic carbocycles. The number of halogens is 2. The van der Waals surface area contributed by atoms with Crippen molar-refractivity contribution < 1.29 is 48.1 Å². The maximum absolute atomic E-state index is 3.32. The van der Waals surface area contributed by atoms with Gasteiger partial charge in [0.05, 0.1) is 0 Å². The Bertz CT molecular complexity index is 1340. The molecule has 200 valence electrons. The largest absolute Gasteiger partial charge is 1.00 e. The molecule has 0 radical (unpaired) electrons. The van der Waals surface area contributed by atoms with Gasteiger partial charge in [-0.25, -0.2) is 12.2 Å². The molecule has 0 heterocycles. The van der Waals surface area contributed by atoms with Gasteiger partial charge in [0.2, 0.25) is 0 Å². The molecule has 4 aromatic carbocycles. The van der Waals surface area contributed by atoms with Crippen molar-refractivity contribution in [3.8, 4) is 0 Å². The van der Waals surface area contributed by atoms with Gasteiger partial charge in [-0.15, -0.1) is 35.1 Å². The van der Waals surface area contributed by atoms with Crippen LogP contribution in [0.1, 0.15) is 35.1 Å². The molecule has 2 aliphatic rings. The van der Waals surface area contributed by atoms with Crippen molar-refractivity contribution in [1.29, 1.82) is 0 Å². The van der Waals surface area contributed by atoms with Crippen LogP contribution in [0.25, 0.3) is 22.3 Å². The summed E-state index contributed by atoms with van der Waals surface area (Å²) in [7, 11) is 0. The van der Waals surface area contributed by atoms with Gasteiger partial charge in [-0.1, -0.05) is 121 Å². The van der Waals surface area contributed by atoms with Crippen LogP contribution in [0.15, 0.2) is 133 Å². The summed E-state index contributed by atoms with van der Waals surface area (Å²) in [5.41, 5.74) is 10.7. The van der Waals surface area contributed by atoms with Crippen molar-refractivity contribution in [2.75, 3.05) is 0 Å². The second-order valence-electron chi connectivity index (χ2n) is 9.30. The first-order valence-electron chi connectivity index (χ1n) is 13.0. The molecule has 0 atom stereocenters. The van der Waals surface area contributed by atoms with E-state index >= 15 is 0 Å². The Morgan fingerprint density at radius 1 is 0.475 bits per heavy atom. The Kier molecular flexibility index (Phi) is 15.2. The maximum Gasteiger partial charge on any atom is -0.0408 e. The van der Waals surface area contributed by atoms with E-state index in [1.165, 1.54) is 44.5 Å². The Morgan fingerprint density at radius 2 is 0.725 bits per heavy atom. The molecule has 0 saturated heterocycles. The van der Waals surface area contributed by atoms with Crippen molar-refractivity contribution in [3.05, 3.63) is 168 Å². The monoisotopic (exact) mass is 652 g/mol. The van der Waals surface area contributed by atoms with Crippen molar-refractivity contribution in [2.24, 2.45) is 0 Å². The molecule has 6 rings (SSSR count). The minimum absolute atomic E-state index is 0. The van der Waals surface area contributed by atoms with Gasteiger partial charge in [0, 0.05) is 0 Å². The molecule has 40 heavy (non-hydrogen) atoms. The fourth-order valence-electron chi connectivity index (χ4n) is 4.42. The van der Waals surface area contributed by atoms with Crippen LogP contribution in [0.5, 0.6) is 0 Å². The Morgan fingerprint density at radius 3 is 1.00 bits per heavy atom. The number of benzene rings is 4. The molecular formula is C36H32Cl2SiZr-2. The van der Waals surface area contributed by atoms with Gasteiger partial charge >= 0.3 is 41.9 Å². The molecular weight excluding hydrogens is 623 g/mol. The van der Waals surface area contributed by atoms with Crippen LogP contribution in [-0.2, 0) is 23.3 Å². The first-order chi connectivity index (χ1) is 18.6. The van der Waals surface area contributed by atoms with Gasteiger partial charge in [-0.05, 0) is 11.1 Å². The van der Waals surface area contributed by atoms with E-state index in [0.717, 1.165) is 12.8 Å². The SMILES string of the molecule is C[Si](C)=[Zr+2].[C-]1=CC(c2ccccc2)=C(c2ccccc2)C1.[C-]1=CC(c2ccccc2)=C(c2ccccc2)C1.[Cl-].[Cl-]. The van der Waals surface area contributed by atoms with Gasteiger partial charge in [-0.3, -0.25) is 12.2 Å². The minimum atomic E-state index is 0. The topological polar surface area (TPSA) is 0 Å². The van der Waals surface area contributed by atoms with Crippen LogP contribution in [0, 0.1) is 12.2 Å². The first kappa shape index (κ1) is 33.7. The van der Waals surface area contributed by atoms with E-state index in [4.69, 9.17) is 0 Å². The number of allylic oxidation sites excluding steroid dienone is 8. The molecule has 0 amide bonds. The molecule has 0 aromatic heterocycles. The minimum Gasteiger partial charge on any atom is -1.00 e. The molecule has 0 fully saturated rings. The summed E-state index contributed by atoms with van der Waals surface area (Å²) < 4.78 is 0. The summed E-state index contributed by atoms with van der Waals surface area (Å²) in [5, 5.41) is 0. The van der Waals surface area contributed by atoms with Gasteiger partial charge in [0.1, 0.15) is 0 Å². The van der Waals surface area contributed by atoms with E-state index < -0.39 is 0 Å². The van der Waals surface area contributed by atoms with E-state index in [2.05, 4.69) is 159 Å². The van der Waals surface area contributed by atoms with Crippen molar-refractivity contribution >= 4 is 27.7 Å².